The molecular weight excluding hydrogens is 392 g/mol. The van der Waals surface area contributed by atoms with E-state index >= 15 is 0 Å². The number of fused-ring (bicyclic) bond motifs is 5. The zero-order chi connectivity index (χ0) is 21.5. The van der Waals surface area contributed by atoms with Crippen molar-refractivity contribution in [1.82, 2.24) is 10.2 Å². The van der Waals surface area contributed by atoms with E-state index in [1.165, 1.54) is 4.90 Å². The summed E-state index contributed by atoms with van der Waals surface area (Å²) in [4.78, 5) is 51.0. The summed E-state index contributed by atoms with van der Waals surface area (Å²) >= 11 is 0. The van der Waals surface area contributed by atoms with E-state index in [0.717, 1.165) is 23.8 Å². The van der Waals surface area contributed by atoms with Crippen LogP contribution in [0.3, 0.4) is 0 Å². The third-order valence-corrected chi connectivity index (χ3v) is 7.35. The van der Waals surface area contributed by atoms with Crippen molar-refractivity contribution in [2.45, 2.75) is 32.4 Å². The van der Waals surface area contributed by atoms with Crippen LogP contribution in [-0.2, 0) is 32.3 Å². The van der Waals surface area contributed by atoms with E-state index in [2.05, 4.69) is 17.5 Å². The van der Waals surface area contributed by atoms with Crippen LogP contribution in [0.25, 0.3) is 0 Å². The summed E-state index contributed by atoms with van der Waals surface area (Å²) in [5.41, 5.74) is 1.78. The predicted molar refractivity (Wildman–Crippen MR) is 113 cm³/mol. The fraction of sp³-hybridized carbons (Fsp3) is 0.440. The molecule has 1 saturated heterocycles. The Labute approximate surface area is 181 Å². The van der Waals surface area contributed by atoms with Crippen LogP contribution >= 0.6 is 0 Å². The van der Waals surface area contributed by atoms with Gasteiger partial charge in [-0.1, -0.05) is 48.6 Å². The lowest BCUT2D eigenvalue weighted by atomic mass is 9.83. The molecule has 3 aliphatic carbocycles. The number of rotatable bonds is 6. The Bertz CT molecular complexity index is 967. The maximum atomic E-state index is 12.9. The molecule has 1 aliphatic heterocycles. The third kappa shape index (κ3) is 3.44. The molecule has 6 atom stereocenters. The molecule has 1 aromatic carbocycles. The quantitative estimate of drug-likeness (QED) is 0.437. The molecule has 6 nitrogen and oxygen atoms in total. The molecule has 31 heavy (non-hydrogen) atoms. The molecule has 6 unspecified atom stereocenters. The topological polar surface area (TPSA) is 83.6 Å². The first kappa shape index (κ1) is 19.9. The molecule has 2 fully saturated rings. The Balaban J connectivity index is 1.22. The minimum Gasteiger partial charge on any atom is -0.352 e. The standard InChI is InChI=1S/C25H26N2O4/c28-14-19-6-1-2-7-20(19)23(29)26-12-15-4-3-5-16(10-15)13-27-24(30)21-17-8-9-18(11-17)22(21)25(27)31/h1-5,8-10,14,17-22H,6-7,11-13H2,(H,26,29). The number of imide groups is 1. The Morgan fingerprint density at radius 1 is 1.03 bits per heavy atom. The lowest BCUT2D eigenvalue weighted by molar-refractivity contribution is -0.141. The van der Waals surface area contributed by atoms with Crippen molar-refractivity contribution in [2.24, 2.45) is 35.5 Å². The van der Waals surface area contributed by atoms with Gasteiger partial charge in [0.2, 0.25) is 17.7 Å². The van der Waals surface area contributed by atoms with E-state index in [0.29, 0.717) is 19.4 Å². The van der Waals surface area contributed by atoms with E-state index in [9.17, 15) is 19.2 Å². The van der Waals surface area contributed by atoms with E-state index in [-0.39, 0.29) is 59.8 Å². The highest BCUT2D eigenvalue weighted by molar-refractivity contribution is 6.06. The average molecular weight is 418 g/mol. The van der Waals surface area contributed by atoms with Gasteiger partial charge in [-0.05, 0) is 42.2 Å². The van der Waals surface area contributed by atoms with Crippen LogP contribution in [0.4, 0.5) is 0 Å². The van der Waals surface area contributed by atoms with Crippen LogP contribution in [0.5, 0.6) is 0 Å². The fourth-order valence-corrected chi connectivity index (χ4v) is 5.75. The number of aldehydes is 1. The van der Waals surface area contributed by atoms with E-state index in [1.54, 1.807) is 0 Å². The molecule has 1 aromatic rings. The number of allylic oxidation sites excluding steroid dienone is 4. The molecular formula is C25H26N2O4. The van der Waals surface area contributed by atoms with Crippen LogP contribution in [0, 0.1) is 35.5 Å². The number of nitrogens with one attached hydrogen (secondary N) is 1. The zero-order valence-corrected chi connectivity index (χ0v) is 17.3. The average Bonchev–Trinajstić information content (AvgIpc) is 3.48. The molecule has 2 bridgehead atoms. The first-order valence-electron chi connectivity index (χ1n) is 11.1. The van der Waals surface area contributed by atoms with Gasteiger partial charge in [0.25, 0.3) is 0 Å². The maximum absolute atomic E-state index is 12.9. The lowest BCUT2D eigenvalue weighted by Gasteiger charge is -2.23. The fourth-order valence-electron chi connectivity index (χ4n) is 5.75. The maximum Gasteiger partial charge on any atom is 0.234 e. The van der Waals surface area contributed by atoms with Crippen molar-refractivity contribution in [1.29, 1.82) is 0 Å². The molecule has 6 heteroatoms. The van der Waals surface area contributed by atoms with Gasteiger partial charge in [0.1, 0.15) is 6.29 Å². The van der Waals surface area contributed by atoms with Gasteiger partial charge in [0, 0.05) is 12.5 Å². The summed E-state index contributed by atoms with van der Waals surface area (Å²) in [6.07, 6.45) is 11.1. The van der Waals surface area contributed by atoms with Gasteiger partial charge in [0.15, 0.2) is 0 Å². The molecule has 5 rings (SSSR count). The number of carbonyl (C=O) groups excluding carboxylic acids is 4. The summed E-state index contributed by atoms with van der Waals surface area (Å²) in [7, 11) is 0. The third-order valence-electron chi connectivity index (χ3n) is 7.35. The number of benzene rings is 1. The largest absolute Gasteiger partial charge is 0.352 e. The molecule has 4 aliphatic rings. The Hall–Kier alpha value is -3.02. The van der Waals surface area contributed by atoms with Crippen molar-refractivity contribution in [3.63, 3.8) is 0 Å². The zero-order valence-electron chi connectivity index (χ0n) is 17.3. The number of hydrogen-bond donors (Lipinski definition) is 1. The van der Waals surface area contributed by atoms with Crippen molar-refractivity contribution >= 4 is 24.0 Å². The summed E-state index contributed by atoms with van der Waals surface area (Å²) in [6.45, 7) is 0.617. The summed E-state index contributed by atoms with van der Waals surface area (Å²) in [6, 6.07) is 7.63. The lowest BCUT2D eigenvalue weighted by Crippen LogP contribution is -2.36. The number of nitrogens with zero attached hydrogens (tertiary/aromatic N) is 1. The molecule has 0 radical (unpaired) electrons. The molecule has 1 saturated carbocycles. The highest BCUT2D eigenvalue weighted by Crippen LogP contribution is 2.52. The second kappa shape index (κ2) is 7.91. The molecule has 0 aromatic heterocycles. The molecule has 3 amide bonds. The monoisotopic (exact) mass is 418 g/mol. The van der Waals surface area contributed by atoms with Crippen LogP contribution in [0.2, 0.25) is 0 Å². The SMILES string of the molecule is O=CC1CC=CCC1C(=O)NCc1cccc(CN2C(=O)C3C4C=CC(C4)C3C2=O)c1. The smallest absolute Gasteiger partial charge is 0.234 e. The summed E-state index contributed by atoms with van der Waals surface area (Å²) in [5, 5.41) is 2.94. The Morgan fingerprint density at radius 2 is 1.71 bits per heavy atom. The van der Waals surface area contributed by atoms with E-state index < -0.39 is 0 Å². The van der Waals surface area contributed by atoms with Gasteiger partial charge in [-0.3, -0.25) is 19.3 Å². The number of hydrogen-bond acceptors (Lipinski definition) is 4. The van der Waals surface area contributed by atoms with Crippen molar-refractivity contribution in [3.05, 3.63) is 59.7 Å². The summed E-state index contributed by atoms with van der Waals surface area (Å²) in [5.74, 6) is -0.743. The van der Waals surface area contributed by atoms with Crippen LogP contribution in [0.15, 0.2) is 48.6 Å². The van der Waals surface area contributed by atoms with E-state index in [1.807, 2.05) is 36.4 Å². The number of amides is 3. The normalized spacial score (nSPS) is 33.1. The van der Waals surface area contributed by atoms with Gasteiger partial charge in [-0.25, -0.2) is 0 Å². The van der Waals surface area contributed by atoms with Crippen LogP contribution < -0.4 is 5.32 Å². The predicted octanol–water partition coefficient (Wildman–Crippen LogP) is 2.39. The van der Waals surface area contributed by atoms with Crippen molar-refractivity contribution in [2.75, 3.05) is 0 Å². The van der Waals surface area contributed by atoms with E-state index in [4.69, 9.17) is 0 Å². The van der Waals surface area contributed by atoms with Gasteiger partial charge >= 0.3 is 0 Å². The van der Waals surface area contributed by atoms with Gasteiger partial charge in [-0.15, -0.1) is 0 Å². The van der Waals surface area contributed by atoms with Gasteiger partial charge < -0.3 is 10.1 Å². The first-order valence-corrected chi connectivity index (χ1v) is 11.1. The highest BCUT2D eigenvalue weighted by Gasteiger charge is 2.59. The molecule has 0 spiro atoms. The van der Waals surface area contributed by atoms with Crippen LogP contribution in [0.1, 0.15) is 30.4 Å². The van der Waals surface area contributed by atoms with Crippen LogP contribution in [-0.4, -0.2) is 28.9 Å². The minimum atomic E-state index is -0.325. The van der Waals surface area contributed by atoms with Crippen molar-refractivity contribution in [3.8, 4) is 0 Å². The second-order valence-electron chi connectivity index (χ2n) is 9.15. The second-order valence-corrected chi connectivity index (χ2v) is 9.15. The van der Waals surface area contributed by atoms with Crippen molar-refractivity contribution < 1.29 is 19.2 Å². The van der Waals surface area contributed by atoms with Gasteiger partial charge in [-0.2, -0.15) is 0 Å². The molecule has 160 valence electrons. The Morgan fingerprint density at radius 3 is 2.42 bits per heavy atom. The Kier molecular flexibility index (Phi) is 5.08. The molecule has 1 N–H and O–H groups in total. The summed E-state index contributed by atoms with van der Waals surface area (Å²) < 4.78 is 0. The molecule has 1 heterocycles. The highest BCUT2D eigenvalue weighted by atomic mass is 16.2. The minimum absolute atomic E-state index is 0.0455. The first-order chi connectivity index (χ1) is 15.1. The number of carbonyl (C=O) groups is 4. The number of likely N-dealkylation sites (tertiary alicyclic amines) is 1. The van der Waals surface area contributed by atoms with Gasteiger partial charge in [0.05, 0.1) is 24.3 Å².